The van der Waals surface area contributed by atoms with Gasteiger partial charge in [-0.1, -0.05) is 0 Å². The van der Waals surface area contributed by atoms with Crippen molar-refractivity contribution >= 4 is 22.6 Å². The molecule has 2 aliphatic heterocycles. The highest BCUT2D eigenvalue weighted by Crippen LogP contribution is 2.36. The Kier molecular flexibility index (Phi) is 6.61. The van der Waals surface area contributed by atoms with Crippen LogP contribution in [-0.4, -0.2) is 65.2 Å². The van der Waals surface area contributed by atoms with Crippen LogP contribution in [0.2, 0.25) is 0 Å². The molecule has 1 amide bonds. The minimum Gasteiger partial charge on any atom is -0.378 e. The monoisotopic (exact) mass is 477 g/mol. The zero-order valence-corrected chi connectivity index (χ0v) is 19.0. The Morgan fingerprint density at radius 2 is 1.91 bits per heavy atom. The van der Waals surface area contributed by atoms with Crippen LogP contribution in [0.25, 0.3) is 10.9 Å². The molecule has 0 spiro atoms. The van der Waals surface area contributed by atoms with Gasteiger partial charge < -0.3 is 15.4 Å². The van der Waals surface area contributed by atoms with Gasteiger partial charge in [0.2, 0.25) is 5.91 Å². The van der Waals surface area contributed by atoms with Gasteiger partial charge in [0.25, 0.3) is 0 Å². The molecule has 2 N–H and O–H groups in total. The molecule has 7 nitrogen and oxygen atoms in total. The SMILES string of the molecule is O=C(CNc1ncnc2ccc(C(F)(F)F)cc12)NC1CN([C@H]2CC[C@@H](C3CCCO3)CC2)C1. The first kappa shape index (κ1) is 23.3. The van der Waals surface area contributed by atoms with E-state index in [0.717, 1.165) is 31.8 Å². The minimum atomic E-state index is -4.46. The number of alkyl halides is 3. The number of ether oxygens (including phenoxy) is 1. The number of hydrogen-bond acceptors (Lipinski definition) is 6. The summed E-state index contributed by atoms with van der Waals surface area (Å²) < 4.78 is 45.1. The zero-order valence-electron chi connectivity index (χ0n) is 19.0. The van der Waals surface area contributed by atoms with Crippen molar-refractivity contribution in [3.63, 3.8) is 0 Å². The van der Waals surface area contributed by atoms with Crippen LogP contribution in [0.15, 0.2) is 24.5 Å². The second-order valence-electron chi connectivity index (χ2n) is 9.64. The van der Waals surface area contributed by atoms with Crippen LogP contribution >= 0.6 is 0 Å². The molecule has 0 bridgehead atoms. The van der Waals surface area contributed by atoms with E-state index >= 15 is 0 Å². The predicted molar refractivity (Wildman–Crippen MR) is 121 cm³/mol. The molecule has 1 aromatic heterocycles. The Morgan fingerprint density at radius 1 is 1.12 bits per heavy atom. The molecule has 1 unspecified atom stereocenters. The summed E-state index contributed by atoms with van der Waals surface area (Å²) in [6.07, 6.45) is 4.48. The maximum Gasteiger partial charge on any atom is 0.416 e. The second-order valence-corrected chi connectivity index (χ2v) is 9.64. The topological polar surface area (TPSA) is 79.4 Å². The number of benzene rings is 1. The van der Waals surface area contributed by atoms with Crippen molar-refractivity contribution in [3.05, 3.63) is 30.1 Å². The Morgan fingerprint density at radius 3 is 2.62 bits per heavy atom. The maximum absolute atomic E-state index is 13.1. The van der Waals surface area contributed by atoms with Gasteiger partial charge in [0, 0.05) is 31.1 Å². The fourth-order valence-electron chi connectivity index (χ4n) is 5.53. The highest BCUT2D eigenvalue weighted by atomic mass is 19.4. The molecule has 2 saturated heterocycles. The number of hydrogen-bond donors (Lipinski definition) is 2. The molecule has 0 radical (unpaired) electrons. The molecule has 5 rings (SSSR count). The molecule has 3 fully saturated rings. The van der Waals surface area contributed by atoms with E-state index in [9.17, 15) is 18.0 Å². The second kappa shape index (κ2) is 9.65. The normalized spacial score (nSPS) is 26.4. The standard InChI is InChI=1S/C24H30F3N5O2/c25-24(26,27)16-5-8-20-19(10-16)23(30-14-29-20)28-11-22(33)31-17-12-32(13-17)18-6-3-15(4-7-18)21-2-1-9-34-21/h5,8,10,14-15,17-18,21H,1-4,6-7,9,11-13H2,(H,31,33)(H,28,29,30)/t15-,18+,21?. The van der Waals surface area contributed by atoms with Crippen molar-refractivity contribution in [1.29, 1.82) is 0 Å². The number of fused-ring (bicyclic) bond motifs is 1. The van der Waals surface area contributed by atoms with Crippen molar-refractivity contribution in [2.75, 3.05) is 31.6 Å². The fraction of sp³-hybridized carbons (Fsp3) is 0.625. The summed E-state index contributed by atoms with van der Waals surface area (Å²) in [5.41, 5.74) is -0.392. The van der Waals surface area contributed by atoms with Crippen molar-refractivity contribution in [3.8, 4) is 0 Å². The van der Waals surface area contributed by atoms with E-state index in [-0.39, 0.29) is 29.7 Å². The quantitative estimate of drug-likeness (QED) is 0.662. The lowest BCUT2D eigenvalue weighted by atomic mass is 9.80. The zero-order chi connectivity index (χ0) is 23.7. The third-order valence-corrected chi connectivity index (χ3v) is 7.40. The van der Waals surface area contributed by atoms with E-state index in [2.05, 4.69) is 25.5 Å². The molecule has 1 aromatic carbocycles. The van der Waals surface area contributed by atoms with Gasteiger partial charge in [-0.25, -0.2) is 9.97 Å². The average molecular weight is 478 g/mol. The van der Waals surface area contributed by atoms with Gasteiger partial charge >= 0.3 is 6.18 Å². The van der Waals surface area contributed by atoms with Crippen LogP contribution in [0.1, 0.15) is 44.1 Å². The molecule has 34 heavy (non-hydrogen) atoms. The summed E-state index contributed by atoms with van der Waals surface area (Å²) in [7, 11) is 0. The maximum atomic E-state index is 13.1. The molecular formula is C24H30F3N5O2. The number of nitrogens with one attached hydrogen (secondary N) is 2. The summed E-state index contributed by atoms with van der Waals surface area (Å²) in [5.74, 6) is 0.710. The Bertz CT molecular complexity index is 1010. The molecule has 1 atom stereocenters. The number of rotatable bonds is 6. The van der Waals surface area contributed by atoms with Crippen LogP contribution in [0.3, 0.4) is 0 Å². The molecule has 3 aliphatic rings. The van der Waals surface area contributed by atoms with Crippen LogP contribution in [0.4, 0.5) is 19.0 Å². The third kappa shape index (κ3) is 5.12. The number of anilines is 1. The number of amides is 1. The highest BCUT2D eigenvalue weighted by molar-refractivity contribution is 5.91. The first-order valence-electron chi connectivity index (χ1n) is 12.1. The van der Waals surface area contributed by atoms with Gasteiger partial charge in [-0.3, -0.25) is 9.69 Å². The van der Waals surface area contributed by atoms with Gasteiger partial charge in [0.05, 0.1) is 29.8 Å². The minimum absolute atomic E-state index is 0.0641. The van der Waals surface area contributed by atoms with E-state index in [1.165, 1.54) is 50.9 Å². The molecule has 1 saturated carbocycles. The first-order chi connectivity index (χ1) is 16.4. The molecule has 1 aliphatic carbocycles. The van der Waals surface area contributed by atoms with Crippen molar-refractivity contribution < 1.29 is 22.7 Å². The van der Waals surface area contributed by atoms with Gasteiger partial charge in [0.1, 0.15) is 12.1 Å². The number of aromatic nitrogens is 2. The van der Waals surface area contributed by atoms with E-state index < -0.39 is 11.7 Å². The predicted octanol–water partition coefficient (Wildman–Crippen LogP) is 3.60. The summed E-state index contributed by atoms with van der Waals surface area (Å²) >= 11 is 0. The lowest BCUT2D eigenvalue weighted by Crippen LogP contribution is -2.63. The molecule has 3 heterocycles. The van der Waals surface area contributed by atoms with Crippen molar-refractivity contribution in [2.24, 2.45) is 5.92 Å². The third-order valence-electron chi connectivity index (χ3n) is 7.40. The van der Waals surface area contributed by atoms with Gasteiger partial charge in [0.15, 0.2) is 0 Å². The molecule has 184 valence electrons. The number of carbonyl (C=O) groups excluding carboxylic acids is 1. The number of nitrogens with zero attached hydrogens (tertiary/aromatic N) is 3. The Hall–Kier alpha value is -2.46. The van der Waals surface area contributed by atoms with E-state index in [4.69, 9.17) is 4.74 Å². The molecular weight excluding hydrogens is 447 g/mol. The average Bonchev–Trinajstić information content (AvgIpc) is 3.34. The van der Waals surface area contributed by atoms with Gasteiger partial charge in [-0.2, -0.15) is 13.2 Å². The van der Waals surface area contributed by atoms with E-state index in [1.54, 1.807) is 0 Å². The summed E-state index contributed by atoms with van der Waals surface area (Å²) in [5, 5.41) is 6.11. The highest BCUT2D eigenvalue weighted by Gasteiger charge is 2.37. The summed E-state index contributed by atoms with van der Waals surface area (Å²) in [6, 6.07) is 3.99. The first-order valence-corrected chi connectivity index (χ1v) is 12.1. The van der Waals surface area contributed by atoms with Crippen LogP contribution < -0.4 is 10.6 Å². The van der Waals surface area contributed by atoms with Crippen molar-refractivity contribution in [2.45, 2.75) is 62.9 Å². The lowest BCUT2D eigenvalue weighted by molar-refractivity contribution is -0.137. The van der Waals surface area contributed by atoms with E-state index in [1.807, 2.05) is 0 Å². The number of likely N-dealkylation sites (tertiary alicyclic amines) is 1. The smallest absolute Gasteiger partial charge is 0.378 e. The van der Waals surface area contributed by atoms with Gasteiger partial charge in [-0.05, 0) is 62.6 Å². The Labute approximate surface area is 196 Å². The van der Waals surface area contributed by atoms with Crippen LogP contribution in [0.5, 0.6) is 0 Å². The van der Waals surface area contributed by atoms with Crippen LogP contribution in [0, 0.1) is 5.92 Å². The van der Waals surface area contributed by atoms with Crippen molar-refractivity contribution in [1.82, 2.24) is 20.2 Å². The molecule has 10 heteroatoms. The summed E-state index contributed by atoms with van der Waals surface area (Å²) in [4.78, 5) is 22.9. The number of carbonyl (C=O) groups is 1. The lowest BCUT2D eigenvalue weighted by Gasteiger charge is -2.47. The largest absolute Gasteiger partial charge is 0.416 e. The summed E-state index contributed by atoms with van der Waals surface area (Å²) in [6.45, 7) is 2.53. The fourth-order valence-corrected chi connectivity index (χ4v) is 5.53. The van der Waals surface area contributed by atoms with E-state index in [0.29, 0.717) is 23.6 Å². The van der Waals surface area contributed by atoms with Gasteiger partial charge in [-0.15, -0.1) is 0 Å². The Balaban J connectivity index is 1.08. The molecule has 2 aromatic rings. The number of halogens is 3. The van der Waals surface area contributed by atoms with Crippen LogP contribution in [-0.2, 0) is 15.7 Å².